The first-order valence-electron chi connectivity index (χ1n) is 7.73. The summed E-state index contributed by atoms with van der Waals surface area (Å²) in [5, 5.41) is 7.42. The fraction of sp³-hybridized carbons (Fsp3) is 0.714. The van der Waals surface area contributed by atoms with E-state index in [1.165, 1.54) is 15.4 Å². The molecule has 1 rings (SSSR count). The second-order valence-corrected chi connectivity index (χ2v) is 8.22. The molecule has 132 valence electrons. The molecule has 1 aromatic heterocycles. The van der Waals surface area contributed by atoms with E-state index in [2.05, 4.69) is 27.5 Å². The number of aromatic nitrogens is 1. The number of thiazole rings is 1. The molecule has 1 heterocycles. The van der Waals surface area contributed by atoms with Crippen LogP contribution < -0.4 is 10.6 Å². The summed E-state index contributed by atoms with van der Waals surface area (Å²) in [7, 11) is -1.40. The third kappa shape index (κ3) is 7.28. The number of nitrogens with one attached hydrogen (secondary N) is 2. The summed E-state index contributed by atoms with van der Waals surface area (Å²) in [6, 6.07) is 0. The second-order valence-electron chi connectivity index (χ2n) is 5.03. The molecule has 9 heteroatoms. The maximum Gasteiger partial charge on any atom is 0.211 e. The number of aryl methyl sites for hydroxylation is 1. The summed E-state index contributed by atoms with van der Waals surface area (Å²) in [5.74, 6) is 0.695. The summed E-state index contributed by atoms with van der Waals surface area (Å²) >= 11 is 1.69. The van der Waals surface area contributed by atoms with Crippen molar-refractivity contribution in [3.63, 3.8) is 0 Å². The molecular weight excluding hydrogens is 334 g/mol. The SMILES string of the molecule is CCc1cnc(CNC(=NC)NCCCN(CC)S(C)(=O)=O)s1. The average molecular weight is 362 g/mol. The van der Waals surface area contributed by atoms with Crippen LogP contribution in [0.2, 0.25) is 0 Å². The lowest BCUT2D eigenvalue weighted by molar-refractivity contribution is 0.424. The molecule has 0 amide bonds. The van der Waals surface area contributed by atoms with Crippen LogP contribution in [-0.2, 0) is 23.0 Å². The summed E-state index contributed by atoms with van der Waals surface area (Å²) < 4.78 is 24.5. The lowest BCUT2D eigenvalue weighted by Crippen LogP contribution is -2.39. The standard InChI is InChI=1S/C14H27N5O2S2/c1-5-12-10-17-13(22-12)11-18-14(15-3)16-8-7-9-19(6-2)23(4,20)21/h10H,5-9,11H2,1-4H3,(H2,15,16,18). The smallest absolute Gasteiger partial charge is 0.211 e. The average Bonchev–Trinajstić information content (AvgIpc) is 2.97. The van der Waals surface area contributed by atoms with Crippen LogP contribution in [0, 0.1) is 0 Å². The number of nitrogens with zero attached hydrogens (tertiary/aromatic N) is 3. The van der Waals surface area contributed by atoms with Crippen LogP contribution >= 0.6 is 11.3 Å². The number of hydrogen-bond donors (Lipinski definition) is 2. The van der Waals surface area contributed by atoms with Crippen molar-refractivity contribution in [2.75, 3.05) is 32.9 Å². The van der Waals surface area contributed by atoms with E-state index in [4.69, 9.17) is 0 Å². The molecule has 0 aliphatic carbocycles. The number of aliphatic imine (C=N–C) groups is 1. The van der Waals surface area contributed by atoms with Gasteiger partial charge in [0, 0.05) is 37.8 Å². The third-order valence-electron chi connectivity index (χ3n) is 3.28. The highest BCUT2D eigenvalue weighted by molar-refractivity contribution is 7.88. The van der Waals surface area contributed by atoms with Gasteiger partial charge in [-0.2, -0.15) is 0 Å². The van der Waals surface area contributed by atoms with Crippen LogP contribution in [0.25, 0.3) is 0 Å². The van der Waals surface area contributed by atoms with E-state index in [9.17, 15) is 8.42 Å². The molecule has 1 aromatic rings. The zero-order chi connectivity index (χ0) is 17.3. The van der Waals surface area contributed by atoms with Gasteiger partial charge in [0.2, 0.25) is 10.0 Å². The summed E-state index contributed by atoms with van der Waals surface area (Å²) in [6.45, 7) is 6.24. The van der Waals surface area contributed by atoms with Gasteiger partial charge in [0.1, 0.15) is 5.01 Å². The highest BCUT2D eigenvalue weighted by Gasteiger charge is 2.13. The number of sulfonamides is 1. The fourth-order valence-electron chi connectivity index (χ4n) is 1.99. The zero-order valence-electron chi connectivity index (χ0n) is 14.3. The Labute approximate surface area is 143 Å². The fourth-order valence-corrected chi connectivity index (χ4v) is 3.73. The Kier molecular flexibility index (Phi) is 8.49. The Hall–Kier alpha value is -1.19. The first kappa shape index (κ1) is 19.9. The highest BCUT2D eigenvalue weighted by atomic mass is 32.2. The second kappa shape index (κ2) is 9.84. The van der Waals surface area contributed by atoms with Crippen LogP contribution in [0.1, 0.15) is 30.2 Å². The first-order chi connectivity index (χ1) is 10.9. The Morgan fingerprint density at radius 2 is 2.13 bits per heavy atom. The molecule has 0 aliphatic rings. The van der Waals surface area contributed by atoms with Crippen molar-refractivity contribution in [3.05, 3.63) is 16.1 Å². The molecule has 0 saturated heterocycles. The van der Waals surface area contributed by atoms with Crippen LogP contribution in [0.4, 0.5) is 0 Å². The van der Waals surface area contributed by atoms with Crippen LogP contribution in [0.5, 0.6) is 0 Å². The molecule has 23 heavy (non-hydrogen) atoms. The van der Waals surface area contributed by atoms with Crippen LogP contribution in [0.15, 0.2) is 11.2 Å². The van der Waals surface area contributed by atoms with Crippen molar-refractivity contribution in [3.8, 4) is 0 Å². The number of guanidine groups is 1. The molecule has 0 fully saturated rings. The monoisotopic (exact) mass is 361 g/mol. The minimum atomic E-state index is -3.11. The molecular formula is C14H27N5O2S2. The van der Waals surface area contributed by atoms with Crippen molar-refractivity contribution in [1.82, 2.24) is 19.9 Å². The van der Waals surface area contributed by atoms with E-state index in [1.807, 2.05) is 13.1 Å². The lowest BCUT2D eigenvalue weighted by atomic mass is 10.4. The van der Waals surface area contributed by atoms with Crippen molar-refractivity contribution in [2.24, 2.45) is 4.99 Å². The quantitative estimate of drug-likeness (QED) is 0.390. The van der Waals surface area contributed by atoms with Crippen LogP contribution in [-0.4, -0.2) is 56.6 Å². The Bertz CT molecular complexity index is 598. The van der Waals surface area contributed by atoms with Crippen molar-refractivity contribution in [1.29, 1.82) is 0 Å². The van der Waals surface area contributed by atoms with Gasteiger partial charge in [-0.15, -0.1) is 11.3 Å². The van der Waals surface area contributed by atoms with Gasteiger partial charge in [-0.1, -0.05) is 13.8 Å². The maximum absolute atomic E-state index is 11.5. The lowest BCUT2D eigenvalue weighted by Gasteiger charge is -2.18. The van der Waals surface area contributed by atoms with Crippen LogP contribution in [0.3, 0.4) is 0 Å². The third-order valence-corrected chi connectivity index (χ3v) is 5.80. The van der Waals surface area contributed by atoms with Gasteiger partial charge in [0.15, 0.2) is 5.96 Å². The predicted octanol–water partition coefficient (Wildman–Crippen LogP) is 1.04. The largest absolute Gasteiger partial charge is 0.356 e. The normalized spacial score (nSPS) is 12.7. The Morgan fingerprint density at radius 3 is 2.65 bits per heavy atom. The summed E-state index contributed by atoms with van der Waals surface area (Å²) in [6.07, 6.45) is 4.86. The minimum absolute atomic E-state index is 0.496. The molecule has 0 unspecified atom stereocenters. The first-order valence-corrected chi connectivity index (χ1v) is 10.4. The highest BCUT2D eigenvalue weighted by Crippen LogP contribution is 2.12. The molecule has 2 N–H and O–H groups in total. The van der Waals surface area contributed by atoms with E-state index in [0.717, 1.165) is 17.8 Å². The van der Waals surface area contributed by atoms with E-state index in [0.29, 0.717) is 32.1 Å². The topological polar surface area (TPSA) is 86.7 Å². The molecule has 0 radical (unpaired) electrons. The molecule has 0 atom stereocenters. The Morgan fingerprint density at radius 1 is 1.39 bits per heavy atom. The van der Waals surface area contributed by atoms with Crippen molar-refractivity contribution >= 4 is 27.3 Å². The number of rotatable bonds is 9. The predicted molar refractivity (Wildman–Crippen MR) is 96.4 cm³/mol. The van der Waals surface area contributed by atoms with Gasteiger partial charge in [-0.25, -0.2) is 17.7 Å². The van der Waals surface area contributed by atoms with E-state index < -0.39 is 10.0 Å². The van der Waals surface area contributed by atoms with Crippen molar-refractivity contribution < 1.29 is 8.42 Å². The molecule has 7 nitrogen and oxygen atoms in total. The van der Waals surface area contributed by atoms with E-state index in [-0.39, 0.29) is 0 Å². The van der Waals surface area contributed by atoms with Gasteiger partial charge in [0.25, 0.3) is 0 Å². The minimum Gasteiger partial charge on any atom is -0.356 e. The summed E-state index contributed by atoms with van der Waals surface area (Å²) in [4.78, 5) is 9.77. The summed E-state index contributed by atoms with van der Waals surface area (Å²) in [5.41, 5.74) is 0. The van der Waals surface area contributed by atoms with Crippen molar-refractivity contribution in [2.45, 2.75) is 33.2 Å². The van der Waals surface area contributed by atoms with Gasteiger partial charge in [-0.05, 0) is 12.8 Å². The van der Waals surface area contributed by atoms with Gasteiger partial charge < -0.3 is 10.6 Å². The molecule has 0 saturated carbocycles. The maximum atomic E-state index is 11.5. The van der Waals surface area contributed by atoms with Gasteiger partial charge in [-0.3, -0.25) is 4.99 Å². The molecule has 0 aliphatic heterocycles. The van der Waals surface area contributed by atoms with E-state index >= 15 is 0 Å². The van der Waals surface area contributed by atoms with E-state index in [1.54, 1.807) is 18.4 Å². The Balaban J connectivity index is 2.31. The number of hydrogen-bond acceptors (Lipinski definition) is 5. The van der Waals surface area contributed by atoms with Gasteiger partial charge in [0.05, 0.1) is 12.8 Å². The van der Waals surface area contributed by atoms with Gasteiger partial charge >= 0.3 is 0 Å². The molecule has 0 aromatic carbocycles. The molecule has 0 spiro atoms. The molecule has 0 bridgehead atoms. The zero-order valence-corrected chi connectivity index (χ0v) is 15.9.